The third-order valence-electron chi connectivity index (χ3n) is 3.15. The molecule has 1 aliphatic rings. The van der Waals surface area contributed by atoms with Crippen LogP contribution in [0.25, 0.3) is 0 Å². The molecule has 1 aromatic rings. The highest BCUT2D eigenvalue weighted by molar-refractivity contribution is 7.10. The average Bonchev–Trinajstić information content (AvgIpc) is 2.75. The van der Waals surface area contributed by atoms with Crippen molar-refractivity contribution in [2.45, 2.75) is 19.0 Å². The first-order valence-corrected chi connectivity index (χ1v) is 6.66. The highest BCUT2D eigenvalue weighted by Gasteiger charge is 2.23. The summed E-state index contributed by atoms with van der Waals surface area (Å²) in [6, 6.07) is 2.75. The van der Waals surface area contributed by atoms with Crippen LogP contribution in [0.1, 0.15) is 10.4 Å². The van der Waals surface area contributed by atoms with Gasteiger partial charge in [0, 0.05) is 37.7 Å². The van der Waals surface area contributed by atoms with E-state index in [9.17, 15) is 0 Å². The number of likely N-dealkylation sites (N-methyl/N-ethyl adjacent to an activating group) is 1. The smallest absolute Gasteiger partial charge is 0.0630 e. The maximum atomic E-state index is 5.30. The minimum Gasteiger partial charge on any atom is -0.383 e. The SMILES string of the molecule is CNCC(COC)N1CCc2sccc2C1. The Morgan fingerprint density at radius 1 is 1.62 bits per heavy atom. The fourth-order valence-electron chi connectivity index (χ4n) is 2.30. The maximum absolute atomic E-state index is 5.30. The topological polar surface area (TPSA) is 24.5 Å². The molecule has 0 spiro atoms. The van der Waals surface area contributed by atoms with Gasteiger partial charge >= 0.3 is 0 Å². The number of hydrogen-bond donors (Lipinski definition) is 1. The van der Waals surface area contributed by atoms with Gasteiger partial charge in [-0.3, -0.25) is 4.90 Å². The number of nitrogens with zero attached hydrogens (tertiary/aromatic N) is 1. The van der Waals surface area contributed by atoms with E-state index in [-0.39, 0.29) is 0 Å². The molecular weight excluding hydrogens is 220 g/mol. The van der Waals surface area contributed by atoms with Crippen molar-refractivity contribution in [1.29, 1.82) is 0 Å². The molecule has 0 fully saturated rings. The lowest BCUT2D eigenvalue weighted by Gasteiger charge is -2.34. The van der Waals surface area contributed by atoms with Crippen molar-refractivity contribution in [2.24, 2.45) is 0 Å². The Hall–Kier alpha value is -0.420. The van der Waals surface area contributed by atoms with Crippen molar-refractivity contribution >= 4 is 11.3 Å². The van der Waals surface area contributed by atoms with Gasteiger partial charge in [-0.2, -0.15) is 0 Å². The van der Waals surface area contributed by atoms with Crippen molar-refractivity contribution in [1.82, 2.24) is 10.2 Å². The summed E-state index contributed by atoms with van der Waals surface area (Å²) >= 11 is 1.89. The molecule has 0 amide bonds. The van der Waals surface area contributed by atoms with E-state index in [1.807, 2.05) is 18.4 Å². The van der Waals surface area contributed by atoms with Gasteiger partial charge in [0.15, 0.2) is 0 Å². The Labute approximate surface area is 101 Å². The molecule has 1 N–H and O–H groups in total. The standard InChI is InChI=1S/C12H20N2OS/c1-13-7-11(9-15-2)14-5-3-12-10(8-14)4-6-16-12/h4,6,11,13H,3,5,7-9H2,1-2H3. The molecule has 2 rings (SSSR count). The van der Waals surface area contributed by atoms with Crippen LogP contribution >= 0.6 is 11.3 Å². The molecule has 0 radical (unpaired) electrons. The van der Waals surface area contributed by atoms with Crippen LogP contribution < -0.4 is 5.32 Å². The Balaban J connectivity index is 2.00. The summed E-state index contributed by atoms with van der Waals surface area (Å²) in [6.07, 6.45) is 1.19. The van der Waals surface area contributed by atoms with Gasteiger partial charge in [-0.05, 0) is 30.5 Å². The van der Waals surface area contributed by atoms with Gasteiger partial charge in [-0.25, -0.2) is 0 Å². The summed E-state index contributed by atoms with van der Waals surface area (Å²) in [5.74, 6) is 0. The number of nitrogens with one attached hydrogen (secondary N) is 1. The minimum absolute atomic E-state index is 0.489. The predicted octanol–water partition coefficient (Wildman–Crippen LogP) is 1.34. The van der Waals surface area contributed by atoms with E-state index in [4.69, 9.17) is 4.74 Å². The zero-order valence-electron chi connectivity index (χ0n) is 10.0. The van der Waals surface area contributed by atoms with Crippen molar-refractivity contribution in [3.05, 3.63) is 21.9 Å². The van der Waals surface area contributed by atoms with Crippen LogP contribution in [0.5, 0.6) is 0 Å². The lowest BCUT2D eigenvalue weighted by Crippen LogP contribution is -2.46. The number of fused-ring (bicyclic) bond motifs is 1. The molecule has 1 atom stereocenters. The Bertz CT molecular complexity index is 321. The molecule has 0 saturated heterocycles. The number of ether oxygens (including phenoxy) is 1. The van der Waals surface area contributed by atoms with E-state index in [0.29, 0.717) is 6.04 Å². The van der Waals surface area contributed by atoms with Crippen LogP contribution in [-0.2, 0) is 17.7 Å². The normalized spacial score (nSPS) is 18.4. The van der Waals surface area contributed by atoms with E-state index in [1.54, 1.807) is 12.0 Å². The van der Waals surface area contributed by atoms with Gasteiger partial charge in [-0.1, -0.05) is 0 Å². The summed E-state index contributed by atoms with van der Waals surface area (Å²) in [7, 11) is 3.78. The molecule has 2 heterocycles. The first kappa shape index (κ1) is 12.0. The molecule has 3 nitrogen and oxygen atoms in total. The molecule has 0 aromatic carbocycles. The number of thiophene rings is 1. The number of rotatable bonds is 5. The van der Waals surface area contributed by atoms with E-state index in [1.165, 1.54) is 12.0 Å². The maximum Gasteiger partial charge on any atom is 0.0630 e. The first-order chi connectivity index (χ1) is 7.85. The highest BCUT2D eigenvalue weighted by Crippen LogP contribution is 2.25. The molecule has 1 aliphatic heterocycles. The molecule has 90 valence electrons. The number of methoxy groups -OCH3 is 1. The second kappa shape index (κ2) is 5.77. The summed E-state index contributed by atoms with van der Waals surface area (Å²) in [5, 5.41) is 5.45. The Morgan fingerprint density at radius 3 is 3.25 bits per heavy atom. The van der Waals surface area contributed by atoms with Crippen LogP contribution in [0.15, 0.2) is 11.4 Å². The quantitative estimate of drug-likeness (QED) is 0.840. The van der Waals surface area contributed by atoms with Gasteiger partial charge in [0.05, 0.1) is 6.61 Å². The van der Waals surface area contributed by atoms with Crippen LogP contribution in [0.4, 0.5) is 0 Å². The molecule has 1 unspecified atom stereocenters. The third-order valence-corrected chi connectivity index (χ3v) is 4.18. The fraction of sp³-hybridized carbons (Fsp3) is 0.667. The fourth-order valence-corrected chi connectivity index (χ4v) is 3.19. The largest absolute Gasteiger partial charge is 0.383 e. The van der Waals surface area contributed by atoms with E-state index < -0.39 is 0 Å². The van der Waals surface area contributed by atoms with E-state index in [2.05, 4.69) is 21.7 Å². The zero-order chi connectivity index (χ0) is 11.4. The molecule has 0 bridgehead atoms. The highest BCUT2D eigenvalue weighted by atomic mass is 32.1. The Kier molecular flexibility index (Phi) is 4.35. The molecule has 1 aromatic heterocycles. The summed E-state index contributed by atoms with van der Waals surface area (Å²) < 4.78 is 5.30. The van der Waals surface area contributed by atoms with Crippen LogP contribution in [-0.4, -0.2) is 44.8 Å². The van der Waals surface area contributed by atoms with Crippen molar-refractivity contribution in [2.75, 3.05) is 33.9 Å². The number of hydrogen-bond acceptors (Lipinski definition) is 4. The van der Waals surface area contributed by atoms with Gasteiger partial charge in [0.25, 0.3) is 0 Å². The van der Waals surface area contributed by atoms with E-state index in [0.717, 1.165) is 26.2 Å². The van der Waals surface area contributed by atoms with Crippen LogP contribution in [0.2, 0.25) is 0 Å². The summed E-state index contributed by atoms with van der Waals surface area (Å²) in [4.78, 5) is 4.09. The lowest BCUT2D eigenvalue weighted by atomic mass is 10.1. The van der Waals surface area contributed by atoms with Gasteiger partial charge < -0.3 is 10.1 Å². The molecule has 0 saturated carbocycles. The first-order valence-electron chi connectivity index (χ1n) is 5.78. The van der Waals surface area contributed by atoms with Crippen molar-refractivity contribution < 1.29 is 4.74 Å². The predicted molar refractivity (Wildman–Crippen MR) is 68.0 cm³/mol. The van der Waals surface area contributed by atoms with Crippen LogP contribution in [0.3, 0.4) is 0 Å². The van der Waals surface area contributed by atoms with Gasteiger partial charge in [0.2, 0.25) is 0 Å². The van der Waals surface area contributed by atoms with Gasteiger partial charge in [-0.15, -0.1) is 11.3 Å². The third kappa shape index (κ3) is 2.63. The lowest BCUT2D eigenvalue weighted by molar-refractivity contribution is 0.0822. The molecule has 16 heavy (non-hydrogen) atoms. The summed E-state index contributed by atoms with van der Waals surface area (Å²) in [5.41, 5.74) is 1.51. The molecule has 4 heteroatoms. The molecule has 0 aliphatic carbocycles. The van der Waals surface area contributed by atoms with Crippen molar-refractivity contribution in [3.63, 3.8) is 0 Å². The van der Waals surface area contributed by atoms with Crippen LogP contribution in [0, 0.1) is 0 Å². The second-order valence-electron chi connectivity index (χ2n) is 4.26. The molecular formula is C12H20N2OS. The van der Waals surface area contributed by atoms with Gasteiger partial charge in [0.1, 0.15) is 0 Å². The average molecular weight is 240 g/mol. The van der Waals surface area contributed by atoms with E-state index >= 15 is 0 Å². The second-order valence-corrected chi connectivity index (χ2v) is 5.26. The van der Waals surface area contributed by atoms with Crippen molar-refractivity contribution in [3.8, 4) is 0 Å². The Morgan fingerprint density at radius 2 is 2.50 bits per heavy atom. The monoisotopic (exact) mass is 240 g/mol. The minimum atomic E-state index is 0.489. The zero-order valence-corrected chi connectivity index (χ0v) is 10.8. The summed E-state index contributed by atoms with van der Waals surface area (Å²) in [6.45, 7) is 4.03.